The van der Waals surface area contributed by atoms with Crippen LogP contribution < -0.4 is 14.9 Å². The topological polar surface area (TPSA) is 64.1 Å². The predicted molar refractivity (Wildman–Crippen MR) is 120 cm³/mol. The van der Waals surface area contributed by atoms with E-state index < -0.39 is 0 Å². The minimum absolute atomic E-state index is 0.268. The fraction of sp³-hybridized carbons (Fsp3) is 0.130. The molecule has 3 aromatic carbocycles. The maximum Gasteiger partial charge on any atom is 0.214 e. The molecule has 0 fully saturated rings. The summed E-state index contributed by atoms with van der Waals surface area (Å²) in [6.07, 6.45) is 0. The van der Waals surface area contributed by atoms with E-state index in [0.29, 0.717) is 29.5 Å². The number of aromatic amines is 1. The van der Waals surface area contributed by atoms with Crippen LogP contribution in [0.3, 0.4) is 0 Å². The lowest BCUT2D eigenvalue weighted by Crippen LogP contribution is -2.16. The van der Waals surface area contributed by atoms with E-state index in [9.17, 15) is 4.39 Å². The molecule has 0 bridgehead atoms. The molecular formula is C23H21FN4O2S. The van der Waals surface area contributed by atoms with Crippen LogP contribution in [0, 0.1) is 10.6 Å². The molecular weight excluding hydrogens is 415 g/mol. The number of ether oxygens (including phenoxy) is 2. The van der Waals surface area contributed by atoms with E-state index in [2.05, 4.69) is 15.6 Å². The molecule has 158 valence electrons. The van der Waals surface area contributed by atoms with E-state index in [0.717, 1.165) is 22.4 Å². The van der Waals surface area contributed by atoms with Crippen LogP contribution in [0.1, 0.15) is 11.1 Å². The van der Waals surface area contributed by atoms with Gasteiger partial charge in [0, 0.05) is 5.56 Å². The Balaban J connectivity index is 1.52. The van der Waals surface area contributed by atoms with Gasteiger partial charge >= 0.3 is 0 Å². The SMILES string of the molecule is COc1ccccc1-c1n[nH]c(=S)n1NCc1ccccc1OCc1ccc(F)cc1. The van der Waals surface area contributed by atoms with Crippen molar-refractivity contribution in [1.29, 1.82) is 0 Å². The average Bonchev–Trinajstić information content (AvgIpc) is 3.17. The first-order chi connectivity index (χ1) is 15.2. The van der Waals surface area contributed by atoms with Crippen LogP contribution in [-0.4, -0.2) is 22.0 Å². The van der Waals surface area contributed by atoms with Gasteiger partial charge in [0.05, 0.1) is 19.2 Å². The highest BCUT2D eigenvalue weighted by molar-refractivity contribution is 7.71. The van der Waals surface area contributed by atoms with Crippen molar-refractivity contribution in [3.63, 3.8) is 0 Å². The van der Waals surface area contributed by atoms with Gasteiger partial charge in [-0.3, -0.25) is 0 Å². The second-order valence-corrected chi connectivity index (χ2v) is 7.13. The molecule has 8 heteroatoms. The van der Waals surface area contributed by atoms with Crippen molar-refractivity contribution in [2.75, 3.05) is 12.5 Å². The summed E-state index contributed by atoms with van der Waals surface area (Å²) in [5.74, 6) is 1.78. The zero-order valence-electron chi connectivity index (χ0n) is 16.8. The van der Waals surface area contributed by atoms with Gasteiger partial charge in [0.15, 0.2) is 5.82 Å². The highest BCUT2D eigenvalue weighted by atomic mass is 32.1. The van der Waals surface area contributed by atoms with Crippen molar-refractivity contribution >= 4 is 12.2 Å². The molecule has 0 atom stereocenters. The third kappa shape index (κ3) is 4.75. The molecule has 0 aliphatic rings. The van der Waals surface area contributed by atoms with Crippen LogP contribution in [0.15, 0.2) is 72.8 Å². The number of aromatic nitrogens is 3. The maximum atomic E-state index is 13.1. The van der Waals surface area contributed by atoms with Gasteiger partial charge in [0.25, 0.3) is 0 Å². The van der Waals surface area contributed by atoms with Crippen molar-refractivity contribution < 1.29 is 13.9 Å². The molecule has 0 saturated carbocycles. The Morgan fingerprint density at radius 1 is 1.00 bits per heavy atom. The minimum Gasteiger partial charge on any atom is -0.496 e. The Labute approximate surface area is 184 Å². The average molecular weight is 437 g/mol. The van der Waals surface area contributed by atoms with Gasteiger partial charge in [-0.25, -0.2) is 14.2 Å². The van der Waals surface area contributed by atoms with E-state index >= 15 is 0 Å². The zero-order chi connectivity index (χ0) is 21.6. The molecule has 0 aliphatic heterocycles. The van der Waals surface area contributed by atoms with Gasteiger partial charge in [-0.15, -0.1) is 0 Å². The summed E-state index contributed by atoms with van der Waals surface area (Å²) in [6, 6.07) is 21.6. The lowest BCUT2D eigenvalue weighted by molar-refractivity contribution is 0.303. The third-order valence-corrected chi connectivity index (χ3v) is 5.00. The molecule has 2 N–H and O–H groups in total. The maximum absolute atomic E-state index is 13.1. The fourth-order valence-electron chi connectivity index (χ4n) is 3.15. The standard InChI is InChI=1S/C23H21FN4O2S/c1-29-21-9-5-3-7-19(21)22-26-27-23(31)28(22)25-14-17-6-2-4-8-20(17)30-15-16-10-12-18(24)13-11-16/h2-13,25H,14-15H2,1H3,(H,27,31). The number of nitrogens with zero attached hydrogens (tertiary/aromatic N) is 2. The first kappa shape index (κ1) is 20.6. The normalized spacial score (nSPS) is 10.6. The summed E-state index contributed by atoms with van der Waals surface area (Å²) >= 11 is 5.41. The highest BCUT2D eigenvalue weighted by Crippen LogP contribution is 2.28. The van der Waals surface area contributed by atoms with E-state index in [1.807, 2.05) is 48.5 Å². The summed E-state index contributed by atoms with van der Waals surface area (Å²) in [4.78, 5) is 0. The van der Waals surface area contributed by atoms with Gasteiger partial charge in [-0.2, -0.15) is 5.10 Å². The Kier molecular flexibility index (Phi) is 6.28. The van der Waals surface area contributed by atoms with Crippen LogP contribution in [-0.2, 0) is 13.2 Å². The molecule has 1 aromatic heterocycles. The number of benzene rings is 3. The van der Waals surface area contributed by atoms with Gasteiger partial charge < -0.3 is 14.9 Å². The molecule has 6 nitrogen and oxygen atoms in total. The van der Waals surface area contributed by atoms with Crippen LogP contribution >= 0.6 is 12.2 Å². The summed E-state index contributed by atoms with van der Waals surface area (Å²) < 4.78 is 26.7. The van der Waals surface area contributed by atoms with Crippen LogP contribution in [0.4, 0.5) is 4.39 Å². The van der Waals surface area contributed by atoms with Crippen molar-refractivity contribution in [2.45, 2.75) is 13.2 Å². The second kappa shape index (κ2) is 9.44. The molecule has 4 rings (SSSR count). The monoisotopic (exact) mass is 436 g/mol. The number of rotatable bonds is 8. The largest absolute Gasteiger partial charge is 0.496 e. The van der Waals surface area contributed by atoms with E-state index in [-0.39, 0.29) is 5.82 Å². The lowest BCUT2D eigenvalue weighted by Gasteiger charge is -2.15. The Morgan fingerprint density at radius 2 is 1.71 bits per heavy atom. The minimum atomic E-state index is -0.268. The van der Waals surface area contributed by atoms with E-state index in [1.165, 1.54) is 12.1 Å². The number of hydrogen-bond acceptors (Lipinski definition) is 5. The Morgan fingerprint density at radius 3 is 2.48 bits per heavy atom. The van der Waals surface area contributed by atoms with Crippen molar-refractivity contribution in [2.24, 2.45) is 0 Å². The molecule has 4 aromatic rings. The molecule has 0 aliphatic carbocycles. The van der Waals surface area contributed by atoms with Crippen LogP contribution in [0.2, 0.25) is 0 Å². The summed E-state index contributed by atoms with van der Waals surface area (Å²) in [7, 11) is 1.62. The van der Waals surface area contributed by atoms with Crippen molar-refractivity contribution in [1.82, 2.24) is 14.9 Å². The fourth-order valence-corrected chi connectivity index (χ4v) is 3.35. The molecule has 0 unspecified atom stereocenters. The summed E-state index contributed by atoms with van der Waals surface area (Å²) in [5, 5.41) is 7.18. The molecule has 0 saturated heterocycles. The molecule has 31 heavy (non-hydrogen) atoms. The Bertz CT molecular complexity index is 1220. The van der Waals surface area contributed by atoms with Gasteiger partial charge in [0.1, 0.15) is 23.9 Å². The van der Waals surface area contributed by atoms with Crippen LogP contribution in [0.5, 0.6) is 11.5 Å². The predicted octanol–water partition coefficient (Wildman–Crippen LogP) is 5.08. The van der Waals surface area contributed by atoms with Crippen molar-refractivity contribution in [3.8, 4) is 22.9 Å². The number of H-pyrrole nitrogens is 1. The van der Waals surface area contributed by atoms with Gasteiger partial charge in [0.2, 0.25) is 4.77 Å². The second-order valence-electron chi connectivity index (χ2n) is 6.75. The number of para-hydroxylation sites is 2. The number of methoxy groups -OCH3 is 1. The molecule has 0 radical (unpaired) electrons. The molecule has 0 spiro atoms. The van der Waals surface area contributed by atoms with Gasteiger partial charge in [-0.1, -0.05) is 42.5 Å². The molecule has 1 heterocycles. The highest BCUT2D eigenvalue weighted by Gasteiger charge is 2.14. The molecule has 0 amide bonds. The van der Waals surface area contributed by atoms with Gasteiger partial charge in [-0.05, 0) is 48.1 Å². The Hall–Kier alpha value is -3.65. The smallest absolute Gasteiger partial charge is 0.214 e. The van der Waals surface area contributed by atoms with E-state index in [4.69, 9.17) is 21.7 Å². The number of halogens is 1. The summed E-state index contributed by atoms with van der Waals surface area (Å²) in [6.45, 7) is 0.796. The number of hydrogen-bond donors (Lipinski definition) is 2. The third-order valence-electron chi connectivity index (χ3n) is 4.73. The first-order valence-corrected chi connectivity index (χ1v) is 10.1. The van der Waals surface area contributed by atoms with E-state index in [1.54, 1.807) is 23.9 Å². The zero-order valence-corrected chi connectivity index (χ0v) is 17.7. The van der Waals surface area contributed by atoms with Crippen LogP contribution in [0.25, 0.3) is 11.4 Å². The lowest BCUT2D eigenvalue weighted by atomic mass is 10.2. The number of nitrogens with one attached hydrogen (secondary N) is 2. The first-order valence-electron chi connectivity index (χ1n) is 9.65. The quantitative estimate of drug-likeness (QED) is 0.377. The summed E-state index contributed by atoms with van der Waals surface area (Å²) in [5.41, 5.74) is 5.95. The van der Waals surface area contributed by atoms with Crippen molar-refractivity contribution in [3.05, 3.63) is 94.5 Å².